The lowest BCUT2D eigenvalue weighted by atomic mass is 10.0. The summed E-state index contributed by atoms with van der Waals surface area (Å²) in [6.45, 7) is 4.11. The Balaban J connectivity index is 2.47. The van der Waals surface area contributed by atoms with Gasteiger partial charge in [0, 0.05) is 29.0 Å². The van der Waals surface area contributed by atoms with Crippen molar-refractivity contribution in [3.05, 3.63) is 50.5 Å². The summed E-state index contributed by atoms with van der Waals surface area (Å²) in [5.74, 6) is -1.17. The molecular weight excluding hydrogens is 414 g/mol. The van der Waals surface area contributed by atoms with E-state index in [-0.39, 0.29) is 22.5 Å². The van der Waals surface area contributed by atoms with Crippen LogP contribution >= 0.6 is 12.2 Å². The number of H-pyrrole nitrogens is 1. The fourth-order valence-corrected chi connectivity index (χ4v) is 3.45. The highest BCUT2D eigenvalue weighted by Crippen LogP contribution is 2.21. The average Bonchev–Trinajstić information content (AvgIpc) is 2.63. The lowest BCUT2D eigenvalue weighted by Gasteiger charge is -2.13. The van der Waals surface area contributed by atoms with Crippen LogP contribution in [0.15, 0.2) is 34.1 Å². The van der Waals surface area contributed by atoms with Gasteiger partial charge in [-0.15, -0.1) is 0 Å². The van der Waals surface area contributed by atoms with Crippen LogP contribution in [-0.4, -0.2) is 54.2 Å². The van der Waals surface area contributed by atoms with E-state index >= 15 is 0 Å². The number of aliphatic carboxylic acids is 1. The maximum absolute atomic E-state index is 12.3. The van der Waals surface area contributed by atoms with Crippen LogP contribution in [0, 0.1) is 4.77 Å². The standard InChI is InChI=1S/C19H23N3O5S2/c1-11(2)12-4-6-13(7-5-12)22-17(24)14(16(23)21-19(22)28)10-20-15(18(25)26)8-9-29(3)27/h4-7,10-11,15,24H,8-9H2,1-3H3,(H,25,26)(H,21,23,28). The molecule has 0 aliphatic rings. The van der Waals surface area contributed by atoms with Crippen molar-refractivity contribution < 1.29 is 19.2 Å². The van der Waals surface area contributed by atoms with Gasteiger partial charge in [0.2, 0.25) is 5.88 Å². The van der Waals surface area contributed by atoms with Crippen molar-refractivity contribution in [1.82, 2.24) is 9.55 Å². The summed E-state index contributed by atoms with van der Waals surface area (Å²) in [5.41, 5.74) is 0.743. The summed E-state index contributed by atoms with van der Waals surface area (Å²) >= 11 is 5.18. The zero-order valence-corrected chi connectivity index (χ0v) is 17.9. The Morgan fingerprint density at radius 3 is 2.48 bits per heavy atom. The minimum atomic E-state index is -1.21. The van der Waals surface area contributed by atoms with Crippen molar-refractivity contribution in [2.24, 2.45) is 4.99 Å². The van der Waals surface area contributed by atoms with Crippen molar-refractivity contribution in [3.63, 3.8) is 0 Å². The van der Waals surface area contributed by atoms with Crippen molar-refractivity contribution in [2.45, 2.75) is 32.2 Å². The van der Waals surface area contributed by atoms with Gasteiger partial charge < -0.3 is 10.2 Å². The second-order valence-electron chi connectivity index (χ2n) is 6.78. The summed E-state index contributed by atoms with van der Waals surface area (Å²) in [6, 6.07) is 6.14. The Bertz CT molecular complexity index is 1050. The fraction of sp³-hybridized carbons (Fsp3) is 0.368. The third-order valence-electron chi connectivity index (χ3n) is 4.29. The number of aromatic nitrogens is 2. The first-order valence-corrected chi connectivity index (χ1v) is 11.0. The number of carboxylic acid groups (broad SMARTS) is 1. The Labute approximate surface area is 175 Å². The predicted molar refractivity (Wildman–Crippen MR) is 116 cm³/mol. The van der Waals surface area contributed by atoms with Crippen molar-refractivity contribution in [3.8, 4) is 11.6 Å². The summed E-state index contributed by atoms with van der Waals surface area (Å²) in [6.07, 6.45) is 2.53. The maximum atomic E-state index is 12.3. The number of hydrogen-bond donors (Lipinski definition) is 3. The van der Waals surface area contributed by atoms with Crippen molar-refractivity contribution in [2.75, 3.05) is 12.0 Å². The number of nitrogens with one attached hydrogen (secondary N) is 1. The number of aliphatic imine (C=N–C) groups is 1. The number of aromatic hydroxyl groups is 1. The topological polar surface area (TPSA) is 125 Å². The van der Waals surface area contributed by atoms with Gasteiger partial charge in [-0.1, -0.05) is 26.0 Å². The first kappa shape index (κ1) is 22.7. The van der Waals surface area contributed by atoms with Gasteiger partial charge in [0.05, 0.1) is 5.69 Å². The molecule has 29 heavy (non-hydrogen) atoms. The molecule has 3 N–H and O–H groups in total. The molecule has 2 aromatic rings. The number of benzene rings is 1. The van der Waals surface area contributed by atoms with Gasteiger partial charge in [0.15, 0.2) is 4.77 Å². The minimum Gasteiger partial charge on any atom is -0.494 e. The second-order valence-corrected chi connectivity index (χ2v) is 8.72. The van der Waals surface area contributed by atoms with E-state index in [0.29, 0.717) is 11.6 Å². The lowest BCUT2D eigenvalue weighted by molar-refractivity contribution is -0.138. The van der Waals surface area contributed by atoms with Crippen LogP contribution < -0.4 is 5.56 Å². The van der Waals surface area contributed by atoms with Crippen LogP contribution in [0.2, 0.25) is 0 Å². The molecule has 0 amide bonds. The van der Waals surface area contributed by atoms with E-state index in [0.717, 1.165) is 11.8 Å². The summed E-state index contributed by atoms with van der Waals surface area (Å²) in [4.78, 5) is 30.0. The number of carboxylic acids is 1. The molecule has 0 radical (unpaired) electrons. The number of rotatable bonds is 8. The summed E-state index contributed by atoms with van der Waals surface area (Å²) < 4.78 is 12.5. The zero-order chi connectivity index (χ0) is 21.7. The molecule has 0 bridgehead atoms. The molecular formula is C19H23N3O5S2. The smallest absolute Gasteiger partial charge is 0.328 e. The Morgan fingerprint density at radius 1 is 1.34 bits per heavy atom. The average molecular weight is 438 g/mol. The summed E-state index contributed by atoms with van der Waals surface area (Å²) in [5, 5.41) is 19.9. The normalized spacial score (nSPS) is 13.7. The highest BCUT2D eigenvalue weighted by molar-refractivity contribution is 7.84. The first-order chi connectivity index (χ1) is 13.6. The third-order valence-corrected chi connectivity index (χ3v) is 5.38. The largest absolute Gasteiger partial charge is 0.494 e. The van der Waals surface area contributed by atoms with Crippen LogP contribution in [0.5, 0.6) is 5.88 Å². The van der Waals surface area contributed by atoms with E-state index in [1.807, 2.05) is 12.1 Å². The monoisotopic (exact) mass is 437 g/mol. The third kappa shape index (κ3) is 5.70. The SMILES string of the molecule is CC(C)c1ccc(-n2c(O)c(C=NC(CCS(C)=O)C(=O)O)c(=O)[nH]c2=S)cc1. The van der Waals surface area contributed by atoms with Crippen molar-refractivity contribution >= 4 is 35.2 Å². The van der Waals surface area contributed by atoms with Gasteiger partial charge in [-0.2, -0.15) is 0 Å². The van der Waals surface area contributed by atoms with Crippen LogP contribution in [0.1, 0.15) is 37.3 Å². The maximum Gasteiger partial charge on any atom is 0.328 e. The summed E-state index contributed by atoms with van der Waals surface area (Å²) in [7, 11) is -1.17. The minimum absolute atomic E-state index is 0.00175. The molecule has 0 aliphatic carbocycles. The molecule has 0 saturated heterocycles. The van der Waals surface area contributed by atoms with Crippen LogP contribution in [0.3, 0.4) is 0 Å². The van der Waals surface area contributed by atoms with E-state index < -0.39 is 34.2 Å². The number of nitrogens with zero attached hydrogens (tertiary/aromatic N) is 2. The van der Waals surface area contributed by atoms with Crippen LogP contribution in [-0.2, 0) is 15.6 Å². The van der Waals surface area contributed by atoms with E-state index in [1.165, 1.54) is 10.8 Å². The van der Waals surface area contributed by atoms with Gasteiger partial charge in [0.1, 0.15) is 11.6 Å². The quantitative estimate of drug-likeness (QED) is 0.430. The van der Waals surface area contributed by atoms with Crippen molar-refractivity contribution in [1.29, 1.82) is 0 Å². The van der Waals surface area contributed by atoms with Gasteiger partial charge in [0.25, 0.3) is 5.56 Å². The molecule has 2 atom stereocenters. The highest BCUT2D eigenvalue weighted by atomic mass is 32.2. The molecule has 1 heterocycles. The number of aromatic amines is 1. The molecule has 0 saturated carbocycles. The van der Waals surface area contributed by atoms with Gasteiger partial charge in [-0.3, -0.25) is 23.5 Å². The lowest BCUT2D eigenvalue weighted by Crippen LogP contribution is -2.22. The molecule has 0 aliphatic heterocycles. The van der Waals surface area contributed by atoms with E-state index in [1.54, 1.807) is 12.1 Å². The number of hydrogen-bond acceptors (Lipinski definition) is 6. The molecule has 2 rings (SSSR count). The fourth-order valence-electron chi connectivity index (χ4n) is 2.61. The van der Waals surface area contributed by atoms with Gasteiger partial charge in [-0.25, -0.2) is 4.79 Å². The molecule has 0 spiro atoms. The Hall–Kier alpha value is -2.59. The zero-order valence-electron chi connectivity index (χ0n) is 16.3. The highest BCUT2D eigenvalue weighted by Gasteiger charge is 2.18. The molecule has 1 aromatic carbocycles. The predicted octanol–water partition coefficient (Wildman–Crippen LogP) is 2.36. The molecule has 10 heteroatoms. The Kier molecular flexibility index (Phi) is 7.63. The molecule has 2 unspecified atom stereocenters. The van der Waals surface area contributed by atoms with Gasteiger partial charge in [-0.05, 0) is 42.3 Å². The molecule has 0 fully saturated rings. The van der Waals surface area contributed by atoms with E-state index in [4.69, 9.17) is 12.2 Å². The molecule has 156 valence electrons. The molecule has 8 nitrogen and oxygen atoms in total. The molecule has 1 aromatic heterocycles. The Morgan fingerprint density at radius 2 is 1.97 bits per heavy atom. The second kappa shape index (κ2) is 9.75. The van der Waals surface area contributed by atoms with Crippen LogP contribution in [0.4, 0.5) is 0 Å². The van der Waals surface area contributed by atoms with Crippen LogP contribution in [0.25, 0.3) is 5.69 Å². The van der Waals surface area contributed by atoms with E-state index in [2.05, 4.69) is 23.8 Å². The van der Waals surface area contributed by atoms with Gasteiger partial charge >= 0.3 is 5.97 Å². The van der Waals surface area contributed by atoms with E-state index in [9.17, 15) is 24.0 Å². The first-order valence-electron chi connectivity index (χ1n) is 8.86. The number of carbonyl (C=O) groups is 1.